The predicted molar refractivity (Wildman–Crippen MR) is 73.9 cm³/mol. The normalized spacial score (nSPS) is 34.6. The van der Waals surface area contributed by atoms with E-state index in [1.807, 2.05) is 24.3 Å². The van der Waals surface area contributed by atoms with E-state index < -0.39 is 5.60 Å². The van der Waals surface area contributed by atoms with Crippen molar-refractivity contribution in [1.82, 2.24) is 5.32 Å². The highest BCUT2D eigenvalue weighted by Gasteiger charge is 2.43. The van der Waals surface area contributed by atoms with Crippen LogP contribution in [0.1, 0.15) is 37.7 Å². The molecule has 0 radical (unpaired) electrons. The van der Waals surface area contributed by atoms with Gasteiger partial charge in [-0.25, -0.2) is 0 Å². The number of furan rings is 1. The van der Waals surface area contributed by atoms with E-state index >= 15 is 0 Å². The summed E-state index contributed by atoms with van der Waals surface area (Å²) in [4.78, 5) is 0. The van der Waals surface area contributed by atoms with Gasteiger partial charge in [0.2, 0.25) is 0 Å². The summed E-state index contributed by atoms with van der Waals surface area (Å²) in [5.41, 5.74) is 1.12. The first-order valence-electron chi connectivity index (χ1n) is 7.20. The van der Waals surface area contributed by atoms with E-state index in [0.29, 0.717) is 12.1 Å². The molecule has 3 nitrogen and oxygen atoms in total. The number of hydrogen-bond acceptors (Lipinski definition) is 3. The largest absolute Gasteiger partial charge is 0.464 e. The first-order valence-corrected chi connectivity index (χ1v) is 7.20. The first kappa shape index (κ1) is 11.5. The van der Waals surface area contributed by atoms with Crippen LogP contribution in [-0.2, 0) is 5.60 Å². The number of hydrogen-bond donors (Lipinski definition) is 2. The molecule has 0 amide bonds. The van der Waals surface area contributed by atoms with E-state index in [1.54, 1.807) is 6.26 Å². The number of benzene rings is 1. The molecule has 2 fully saturated rings. The molecule has 1 aromatic heterocycles. The molecule has 0 saturated carbocycles. The van der Waals surface area contributed by atoms with Gasteiger partial charge in [-0.05, 0) is 31.7 Å². The lowest BCUT2D eigenvalue weighted by Crippen LogP contribution is -2.54. The number of fused-ring (bicyclic) bond motifs is 3. The summed E-state index contributed by atoms with van der Waals surface area (Å²) in [5.74, 6) is 0. The van der Waals surface area contributed by atoms with Crippen LogP contribution in [0.15, 0.2) is 34.9 Å². The molecule has 4 rings (SSSR count). The van der Waals surface area contributed by atoms with Crippen molar-refractivity contribution in [1.29, 1.82) is 0 Å². The van der Waals surface area contributed by atoms with Gasteiger partial charge in [-0.15, -0.1) is 0 Å². The molecule has 2 N–H and O–H groups in total. The minimum Gasteiger partial charge on any atom is -0.464 e. The molecule has 100 valence electrons. The zero-order chi connectivity index (χ0) is 12.9. The highest BCUT2D eigenvalue weighted by atomic mass is 16.3. The lowest BCUT2D eigenvalue weighted by atomic mass is 9.74. The van der Waals surface area contributed by atoms with Gasteiger partial charge < -0.3 is 14.8 Å². The van der Waals surface area contributed by atoms with E-state index in [4.69, 9.17) is 4.42 Å². The standard InChI is InChI=1S/C16H19NO2/c18-16(8-11-4-3-5-12(9-16)17-11)14-10-19-15-7-2-1-6-13(14)15/h1-2,6-7,10-12,17-18H,3-5,8-9H2. The third kappa shape index (κ3) is 1.80. The molecular formula is C16H19NO2. The molecule has 2 atom stereocenters. The molecule has 0 spiro atoms. The second kappa shape index (κ2) is 4.09. The number of rotatable bonds is 1. The third-order valence-electron chi connectivity index (χ3n) is 4.73. The van der Waals surface area contributed by atoms with Crippen LogP contribution in [0.5, 0.6) is 0 Å². The second-order valence-corrected chi connectivity index (χ2v) is 6.08. The summed E-state index contributed by atoms with van der Waals surface area (Å²) in [5, 5.41) is 15.8. The summed E-state index contributed by atoms with van der Waals surface area (Å²) < 4.78 is 5.61. The molecule has 2 aromatic rings. The molecule has 1 aromatic carbocycles. The average molecular weight is 257 g/mol. The number of para-hydroxylation sites is 1. The van der Waals surface area contributed by atoms with Crippen molar-refractivity contribution >= 4 is 11.0 Å². The third-order valence-corrected chi connectivity index (χ3v) is 4.73. The molecule has 2 aliphatic heterocycles. The molecule has 2 aliphatic rings. The van der Waals surface area contributed by atoms with E-state index in [9.17, 15) is 5.11 Å². The van der Waals surface area contributed by atoms with Gasteiger partial charge in [0, 0.05) is 23.0 Å². The molecule has 2 bridgehead atoms. The summed E-state index contributed by atoms with van der Waals surface area (Å²) in [7, 11) is 0. The smallest absolute Gasteiger partial charge is 0.134 e. The Morgan fingerprint density at radius 2 is 1.89 bits per heavy atom. The zero-order valence-corrected chi connectivity index (χ0v) is 10.9. The Hall–Kier alpha value is -1.32. The highest BCUT2D eigenvalue weighted by Crippen LogP contribution is 2.42. The van der Waals surface area contributed by atoms with Crippen molar-refractivity contribution in [2.75, 3.05) is 0 Å². The van der Waals surface area contributed by atoms with Gasteiger partial charge in [0.05, 0.1) is 11.9 Å². The minimum atomic E-state index is -0.729. The summed E-state index contributed by atoms with van der Waals surface area (Å²) in [6, 6.07) is 8.88. The van der Waals surface area contributed by atoms with Crippen LogP contribution in [0.3, 0.4) is 0 Å². The van der Waals surface area contributed by atoms with E-state index in [2.05, 4.69) is 5.32 Å². The average Bonchev–Trinajstić information content (AvgIpc) is 2.82. The van der Waals surface area contributed by atoms with Crippen molar-refractivity contribution in [3.8, 4) is 0 Å². The monoisotopic (exact) mass is 257 g/mol. The Morgan fingerprint density at radius 3 is 2.68 bits per heavy atom. The number of aliphatic hydroxyl groups is 1. The second-order valence-electron chi connectivity index (χ2n) is 6.08. The van der Waals surface area contributed by atoms with Crippen LogP contribution in [0.2, 0.25) is 0 Å². The van der Waals surface area contributed by atoms with Crippen LogP contribution < -0.4 is 5.32 Å². The fourth-order valence-corrected chi connectivity index (χ4v) is 3.89. The van der Waals surface area contributed by atoms with E-state index in [-0.39, 0.29) is 0 Å². The first-order chi connectivity index (χ1) is 9.24. The van der Waals surface area contributed by atoms with Crippen molar-refractivity contribution < 1.29 is 9.52 Å². The van der Waals surface area contributed by atoms with Gasteiger partial charge in [0.1, 0.15) is 5.58 Å². The van der Waals surface area contributed by atoms with Crippen LogP contribution in [0.25, 0.3) is 11.0 Å². The Kier molecular flexibility index (Phi) is 2.47. The maximum absolute atomic E-state index is 11.1. The SMILES string of the molecule is OC1(c2coc3ccccc23)CC2CCCC(C1)N2. The molecule has 0 aliphatic carbocycles. The quantitative estimate of drug-likeness (QED) is 0.825. The molecular weight excluding hydrogens is 238 g/mol. The van der Waals surface area contributed by atoms with Crippen LogP contribution >= 0.6 is 0 Å². The highest BCUT2D eigenvalue weighted by molar-refractivity contribution is 5.81. The maximum atomic E-state index is 11.1. The van der Waals surface area contributed by atoms with Crippen molar-refractivity contribution in [3.63, 3.8) is 0 Å². The van der Waals surface area contributed by atoms with Crippen LogP contribution in [0, 0.1) is 0 Å². The maximum Gasteiger partial charge on any atom is 0.134 e. The van der Waals surface area contributed by atoms with Gasteiger partial charge in [0.25, 0.3) is 0 Å². The minimum absolute atomic E-state index is 0.450. The van der Waals surface area contributed by atoms with Gasteiger partial charge in [-0.3, -0.25) is 0 Å². The summed E-state index contributed by atoms with van der Waals surface area (Å²) in [6.07, 6.45) is 6.99. The lowest BCUT2D eigenvalue weighted by Gasteiger charge is -2.45. The fourth-order valence-electron chi connectivity index (χ4n) is 3.89. The Bertz CT molecular complexity index is 592. The molecule has 2 unspecified atom stereocenters. The Balaban J connectivity index is 1.78. The molecule has 19 heavy (non-hydrogen) atoms. The zero-order valence-electron chi connectivity index (χ0n) is 10.9. The molecule has 3 heteroatoms. The van der Waals surface area contributed by atoms with E-state index in [0.717, 1.165) is 29.4 Å². The van der Waals surface area contributed by atoms with Crippen LogP contribution in [-0.4, -0.2) is 17.2 Å². The summed E-state index contributed by atoms with van der Waals surface area (Å²) >= 11 is 0. The van der Waals surface area contributed by atoms with Crippen molar-refractivity contribution in [3.05, 3.63) is 36.1 Å². The number of nitrogens with one attached hydrogen (secondary N) is 1. The Labute approximate surface area is 112 Å². The molecule has 2 saturated heterocycles. The van der Waals surface area contributed by atoms with Crippen molar-refractivity contribution in [2.45, 2.75) is 49.8 Å². The Morgan fingerprint density at radius 1 is 1.16 bits per heavy atom. The predicted octanol–water partition coefficient (Wildman–Crippen LogP) is 2.92. The van der Waals surface area contributed by atoms with Gasteiger partial charge in [0.15, 0.2) is 0 Å². The van der Waals surface area contributed by atoms with Crippen LogP contribution in [0.4, 0.5) is 0 Å². The van der Waals surface area contributed by atoms with E-state index in [1.165, 1.54) is 19.3 Å². The fraction of sp³-hybridized carbons (Fsp3) is 0.500. The molecule has 3 heterocycles. The van der Waals surface area contributed by atoms with Crippen molar-refractivity contribution in [2.24, 2.45) is 0 Å². The topological polar surface area (TPSA) is 45.4 Å². The summed E-state index contributed by atoms with van der Waals surface area (Å²) in [6.45, 7) is 0. The lowest BCUT2D eigenvalue weighted by molar-refractivity contribution is -0.0352. The van der Waals surface area contributed by atoms with Gasteiger partial charge >= 0.3 is 0 Å². The van der Waals surface area contributed by atoms with Gasteiger partial charge in [-0.1, -0.05) is 24.6 Å². The number of piperidine rings is 2. The van der Waals surface area contributed by atoms with Gasteiger partial charge in [-0.2, -0.15) is 0 Å².